The van der Waals surface area contributed by atoms with Crippen LogP contribution in [0.25, 0.3) is 0 Å². The SMILES string of the molecule is [CH2][C@H](N=C(C(=O)OC)c1oc(=O)oc1C)C(=O)C1CCCCC1. The van der Waals surface area contributed by atoms with Crippen LogP contribution in [-0.4, -0.2) is 30.6 Å². The van der Waals surface area contributed by atoms with Crippen molar-refractivity contribution >= 4 is 17.5 Å². The Balaban J connectivity index is 2.29. The molecule has 1 aromatic rings. The highest BCUT2D eigenvalue weighted by atomic mass is 16.6. The van der Waals surface area contributed by atoms with Gasteiger partial charge in [0, 0.05) is 5.92 Å². The summed E-state index contributed by atoms with van der Waals surface area (Å²) in [6.07, 6.45) is 4.77. The molecule has 1 aromatic heterocycles. The van der Waals surface area contributed by atoms with Crippen LogP contribution >= 0.6 is 0 Å². The molecule has 1 aliphatic carbocycles. The molecule has 23 heavy (non-hydrogen) atoms. The van der Waals surface area contributed by atoms with Gasteiger partial charge in [0.05, 0.1) is 7.11 Å². The minimum absolute atomic E-state index is 0.0913. The van der Waals surface area contributed by atoms with E-state index in [1.807, 2.05) is 0 Å². The second-order valence-electron chi connectivity index (χ2n) is 5.56. The Morgan fingerprint density at radius 1 is 1.26 bits per heavy atom. The number of carbonyl (C=O) groups excluding carboxylic acids is 2. The van der Waals surface area contributed by atoms with Gasteiger partial charge in [-0.25, -0.2) is 9.59 Å². The van der Waals surface area contributed by atoms with E-state index in [0.717, 1.165) is 32.1 Å². The molecule has 2 rings (SSSR count). The fourth-order valence-electron chi connectivity index (χ4n) is 2.74. The van der Waals surface area contributed by atoms with Crippen LogP contribution < -0.4 is 5.82 Å². The number of esters is 1. The van der Waals surface area contributed by atoms with E-state index in [2.05, 4.69) is 16.7 Å². The van der Waals surface area contributed by atoms with E-state index in [1.54, 1.807) is 0 Å². The predicted octanol–water partition coefficient (Wildman–Crippen LogP) is 1.86. The van der Waals surface area contributed by atoms with Crippen molar-refractivity contribution in [2.75, 3.05) is 7.11 Å². The van der Waals surface area contributed by atoms with Crippen LogP contribution in [-0.2, 0) is 14.3 Å². The van der Waals surface area contributed by atoms with E-state index < -0.39 is 17.8 Å². The highest BCUT2D eigenvalue weighted by molar-refractivity contribution is 6.42. The van der Waals surface area contributed by atoms with Crippen LogP contribution in [0.4, 0.5) is 0 Å². The van der Waals surface area contributed by atoms with Crippen LogP contribution in [0.2, 0.25) is 0 Å². The number of aryl methyl sites for hydroxylation is 1. The number of Topliss-reactive ketones (excluding diaryl/α,β-unsaturated/α-hetero) is 1. The van der Waals surface area contributed by atoms with Crippen LogP contribution in [0.1, 0.15) is 43.6 Å². The van der Waals surface area contributed by atoms with Crippen molar-refractivity contribution in [3.05, 3.63) is 29.1 Å². The first-order chi connectivity index (χ1) is 10.9. The van der Waals surface area contributed by atoms with Crippen LogP contribution in [0.15, 0.2) is 18.6 Å². The second kappa shape index (κ2) is 7.39. The number of aliphatic imine (C=N–C) groups is 1. The summed E-state index contributed by atoms with van der Waals surface area (Å²) < 4.78 is 14.2. The van der Waals surface area contributed by atoms with E-state index in [0.29, 0.717) is 0 Å². The Labute approximate surface area is 133 Å². The average Bonchev–Trinajstić information content (AvgIpc) is 2.89. The molecular weight excluding hydrogens is 302 g/mol. The highest BCUT2D eigenvalue weighted by Gasteiger charge is 2.29. The molecule has 1 atom stereocenters. The van der Waals surface area contributed by atoms with Crippen molar-refractivity contribution < 1.29 is 23.2 Å². The summed E-state index contributed by atoms with van der Waals surface area (Å²) in [6.45, 7) is 5.19. The van der Waals surface area contributed by atoms with Crippen molar-refractivity contribution in [3.63, 3.8) is 0 Å². The molecule has 0 unspecified atom stereocenters. The summed E-state index contributed by atoms with van der Waals surface area (Å²) in [5.41, 5.74) is -0.264. The summed E-state index contributed by atoms with van der Waals surface area (Å²) in [4.78, 5) is 39.6. The summed E-state index contributed by atoms with van der Waals surface area (Å²) in [5, 5.41) is 0. The molecule has 1 saturated carbocycles. The normalized spacial score (nSPS) is 17.8. The van der Waals surface area contributed by atoms with Crippen molar-refractivity contribution in [1.29, 1.82) is 0 Å². The molecule has 0 aliphatic heterocycles. The summed E-state index contributed by atoms with van der Waals surface area (Å²) in [5.74, 6) is -2.01. The summed E-state index contributed by atoms with van der Waals surface area (Å²) >= 11 is 0. The van der Waals surface area contributed by atoms with Gasteiger partial charge < -0.3 is 13.6 Å². The first-order valence-electron chi connectivity index (χ1n) is 7.58. The Morgan fingerprint density at radius 2 is 1.91 bits per heavy atom. The molecule has 1 aliphatic rings. The molecule has 0 aromatic carbocycles. The van der Waals surface area contributed by atoms with E-state index in [4.69, 9.17) is 8.83 Å². The minimum atomic E-state index is -0.966. The van der Waals surface area contributed by atoms with Gasteiger partial charge in [-0.2, -0.15) is 0 Å². The van der Waals surface area contributed by atoms with Gasteiger partial charge in [-0.1, -0.05) is 19.3 Å². The van der Waals surface area contributed by atoms with Crippen LogP contribution in [0, 0.1) is 19.8 Å². The third-order valence-electron chi connectivity index (χ3n) is 3.96. The maximum Gasteiger partial charge on any atom is 0.519 e. The molecule has 0 N–H and O–H groups in total. The third kappa shape index (κ3) is 3.97. The van der Waals surface area contributed by atoms with E-state index in [-0.39, 0.29) is 28.9 Å². The molecule has 7 heteroatoms. The summed E-state index contributed by atoms with van der Waals surface area (Å²) in [6, 6.07) is -0.966. The zero-order valence-electron chi connectivity index (χ0n) is 13.3. The van der Waals surface area contributed by atoms with Gasteiger partial charge in [-0.05, 0) is 26.7 Å². The van der Waals surface area contributed by atoms with Crippen molar-refractivity contribution in [2.24, 2.45) is 10.9 Å². The molecule has 0 saturated heterocycles. The Kier molecular flexibility index (Phi) is 5.52. The second-order valence-corrected chi connectivity index (χ2v) is 5.56. The minimum Gasteiger partial charge on any atom is -0.464 e. The van der Waals surface area contributed by atoms with Crippen LogP contribution in [0.5, 0.6) is 0 Å². The monoisotopic (exact) mass is 322 g/mol. The van der Waals surface area contributed by atoms with Gasteiger partial charge in [-0.3, -0.25) is 9.79 Å². The van der Waals surface area contributed by atoms with Gasteiger partial charge in [0.25, 0.3) is 0 Å². The number of methoxy groups -OCH3 is 1. The number of nitrogens with zero attached hydrogens (tertiary/aromatic N) is 1. The molecule has 125 valence electrons. The topological polar surface area (TPSA) is 99.1 Å². The largest absolute Gasteiger partial charge is 0.519 e. The Hall–Kier alpha value is -2.18. The fourth-order valence-corrected chi connectivity index (χ4v) is 2.74. The van der Waals surface area contributed by atoms with Crippen molar-refractivity contribution in [1.82, 2.24) is 0 Å². The lowest BCUT2D eigenvalue weighted by Gasteiger charge is -2.22. The maximum absolute atomic E-state index is 12.4. The first kappa shape index (κ1) is 17.2. The number of rotatable bonds is 5. The fraction of sp³-hybridized carbons (Fsp3) is 0.562. The standard InChI is InChI=1S/C16H20NO6/c1-9(13(18)11-7-5-4-6-8-11)17-12(15(19)21-3)14-10(2)22-16(20)23-14/h9,11H,1,4-8H2,2-3H3/t9-/m0/s1. The van der Waals surface area contributed by atoms with Crippen molar-refractivity contribution in [2.45, 2.75) is 45.1 Å². The molecule has 1 heterocycles. The van der Waals surface area contributed by atoms with Crippen molar-refractivity contribution in [3.8, 4) is 0 Å². The van der Waals surface area contributed by atoms with Gasteiger partial charge in [0.2, 0.25) is 5.76 Å². The molecule has 0 bridgehead atoms. The van der Waals surface area contributed by atoms with E-state index in [9.17, 15) is 14.4 Å². The number of hydrogen-bond acceptors (Lipinski definition) is 7. The average molecular weight is 322 g/mol. The number of hydrogen-bond donors (Lipinski definition) is 0. The lowest BCUT2D eigenvalue weighted by Crippen LogP contribution is -2.29. The van der Waals surface area contributed by atoms with Gasteiger partial charge in [-0.15, -0.1) is 0 Å². The molecular formula is C16H20NO6. The van der Waals surface area contributed by atoms with Gasteiger partial charge >= 0.3 is 11.8 Å². The number of ether oxygens (including phenoxy) is 1. The third-order valence-corrected chi connectivity index (χ3v) is 3.96. The number of ketones is 1. The van der Waals surface area contributed by atoms with Gasteiger partial charge in [0.15, 0.2) is 17.3 Å². The van der Waals surface area contributed by atoms with E-state index in [1.165, 1.54) is 14.0 Å². The lowest BCUT2D eigenvalue weighted by molar-refractivity contribution is -0.132. The zero-order valence-corrected chi connectivity index (χ0v) is 13.3. The van der Waals surface area contributed by atoms with Gasteiger partial charge in [0.1, 0.15) is 6.04 Å². The molecule has 1 fully saturated rings. The highest BCUT2D eigenvalue weighted by Crippen LogP contribution is 2.26. The van der Waals surface area contributed by atoms with Crippen LogP contribution in [0.3, 0.4) is 0 Å². The smallest absolute Gasteiger partial charge is 0.464 e. The predicted molar refractivity (Wildman–Crippen MR) is 81.3 cm³/mol. The first-order valence-corrected chi connectivity index (χ1v) is 7.58. The Bertz CT molecular complexity index is 662. The summed E-state index contributed by atoms with van der Waals surface area (Å²) in [7, 11) is 1.17. The molecule has 0 spiro atoms. The molecule has 0 amide bonds. The quantitative estimate of drug-likeness (QED) is 0.606. The lowest BCUT2D eigenvalue weighted by atomic mass is 9.84. The molecule has 7 nitrogen and oxygen atoms in total. The molecule has 1 radical (unpaired) electrons. The zero-order chi connectivity index (χ0) is 17.0. The van der Waals surface area contributed by atoms with E-state index >= 15 is 0 Å². The number of carbonyl (C=O) groups is 2. The Morgan fingerprint density at radius 3 is 2.43 bits per heavy atom. The maximum atomic E-state index is 12.4.